The van der Waals surface area contributed by atoms with Gasteiger partial charge in [0.2, 0.25) is 0 Å². The number of nitrogens with one attached hydrogen (secondary N) is 1. The third-order valence-electron chi connectivity index (χ3n) is 4.75. The topological polar surface area (TPSA) is 18.5 Å². The molecule has 1 unspecified atom stereocenters. The Labute approximate surface area is 149 Å². The Balaban J connectivity index is 0.00000132. The Morgan fingerprint density at radius 2 is 1.74 bits per heavy atom. The summed E-state index contributed by atoms with van der Waals surface area (Å²) in [6.07, 6.45) is 2.17. The minimum Gasteiger partial charge on any atom is -0.371 e. The van der Waals surface area contributed by atoms with Crippen molar-refractivity contribution in [3.8, 4) is 0 Å². The highest BCUT2D eigenvalue weighted by molar-refractivity contribution is 5.85. The van der Waals surface area contributed by atoms with E-state index < -0.39 is 11.6 Å². The van der Waals surface area contributed by atoms with Crippen molar-refractivity contribution in [1.82, 2.24) is 10.2 Å². The van der Waals surface area contributed by atoms with Crippen LogP contribution in [0.1, 0.15) is 19.8 Å². The van der Waals surface area contributed by atoms with Gasteiger partial charge in [-0.15, -0.1) is 24.8 Å². The molecule has 0 spiro atoms. The molecule has 2 fully saturated rings. The fourth-order valence-corrected chi connectivity index (χ4v) is 3.54. The lowest BCUT2D eigenvalue weighted by Gasteiger charge is -2.44. The molecule has 1 aromatic carbocycles. The maximum absolute atomic E-state index is 13.3. The smallest absolute Gasteiger partial charge is 0.160 e. The van der Waals surface area contributed by atoms with Gasteiger partial charge >= 0.3 is 0 Å². The van der Waals surface area contributed by atoms with Gasteiger partial charge in [0.25, 0.3) is 0 Å². The predicted octanol–water partition coefficient (Wildman–Crippen LogP) is 3.07. The normalized spacial score (nSPS) is 23.1. The van der Waals surface area contributed by atoms with Crippen LogP contribution in [0.25, 0.3) is 0 Å². The molecule has 2 heterocycles. The Morgan fingerprint density at radius 3 is 2.35 bits per heavy atom. The molecule has 7 heteroatoms. The fraction of sp³-hybridized carbons (Fsp3) is 0.625. The molecule has 0 saturated carbocycles. The molecule has 0 aliphatic carbocycles. The molecular weight excluding hydrogens is 343 g/mol. The van der Waals surface area contributed by atoms with Crippen molar-refractivity contribution < 1.29 is 8.78 Å². The molecule has 1 N–H and O–H groups in total. The van der Waals surface area contributed by atoms with Gasteiger partial charge in [0, 0.05) is 56.6 Å². The average Bonchev–Trinajstić information content (AvgIpc) is 2.51. The number of rotatable bonds is 2. The highest BCUT2D eigenvalue weighted by Crippen LogP contribution is 2.25. The second kappa shape index (κ2) is 9.02. The summed E-state index contributed by atoms with van der Waals surface area (Å²) in [5.74, 6) is -1.53. The van der Waals surface area contributed by atoms with Gasteiger partial charge in [0.1, 0.15) is 0 Å². The lowest BCUT2D eigenvalue weighted by molar-refractivity contribution is 0.0997. The molecule has 3 rings (SSSR count). The fourth-order valence-electron chi connectivity index (χ4n) is 3.54. The third kappa shape index (κ3) is 4.69. The van der Waals surface area contributed by atoms with Crippen molar-refractivity contribution in [2.45, 2.75) is 31.8 Å². The standard InChI is InChI=1S/C16H23F2N3.2ClH/c1-12-11-19-6-9-21(12)13-4-7-20(8-5-13)14-2-3-15(17)16(18)10-14;;/h2-3,10,12-13,19H,4-9,11H2,1H3;2*1H. The zero-order valence-electron chi connectivity index (χ0n) is 13.3. The number of halogens is 4. The highest BCUT2D eigenvalue weighted by atomic mass is 35.5. The van der Waals surface area contributed by atoms with E-state index >= 15 is 0 Å². The maximum Gasteiger partial charge on any atom is 0.160 e. The van der Waals surface area contributed by atoms with Gasteiger partial charge in [0.15, 0.2) is 11.6 Å². The molecule has 0 bridgehead atoms. The first-order valence-electron chi connectivity index (χ1n) is 7.81. The van der Waals surface area contributed by atoms with Gasteiger partial charge in [-0.3, -0.25) is 4.90 Å². The maximum atomic E-state index is 13.3. The molecule has 1 aromatic rings. The van der Waals surface area contributed by atoms with Gasteiger partial charge < -0.3 is 10.2 Å². The second-order valence-corrected chi connectivity index (χ2v) is 6.11. The first kappa shape index (κ1) is 20.4. The van der Waals surface area contributed by atoms with Crippen LogP contribution >= 0.6 is 24.8 Å². The summed E-state index contributed by atoms with van der Waals surface area (Å²) < 4.78 is 26.3. The summed E-state index contributed by atoms with van der Waals surface area (Å²) in [6, 6.07) is 5.40. The summed E-state index contributed by atoms with van der Waals surface area (Å²) in [5.41, 5.74) is 0.792. The molecule has 23 heavy (non-hydrogen) atoms. The third-order valence-corrected chi connectivity index (χ3v) is 4.75. The first-order valence-corrected chi connectivity index (χ1v) is 7.81. The number of benzene rings is 1. The molecule has 0 radical (unpaired) electrons. The average molecular weight is 368 g/mol. The van der Waals surface area contributed by atoms with Crippen LogP contribution < -0.4 is 10.2 Å². The second-order valence-electron chi connectivity index (χ2n) is 6.11. The number of hydrogen-bond donors (Lipinski definition) is 1. The molecule has 0 aromatic heterocycles. The van der Waals surface area contributed by atoms with Crippen LogP contribution in [0.15, 0.2) is 18.2 Å². The SMILES string of the molecule is CC1CNCCN1C1CCN(c2ccc(F)c(F)c2)CC1.Cl.Cl. The van der Waals surface area contributed by atoms with E-state index in [0.717, 1.165) is 51.3 Å². The Hall–Kier alpha value is -0.620. The van der Waals surface area contributed by atoms with Gasteiger partial charge in [-0.1, -0.05) is 0 Å². The summed E-state index contributed by atoms with van der Waals surface area (Å²) in [5, 5.41) is 3.42. The van der Waals surface area contributed by atoms with Crippen LogP contribution in [-0.2, 0) is 0 Å². The van der Waals surface area contributed by atoms with E-state index in [0.29, 0.717) is 12.1 Å². The lowest BCUT2D eigenvalue weighted by Crippen LogP contribution is -2.56. The van der Waals surface area contributed by atoms with Crippen LogP contribution in [-0.4, -0.2) is 49.7 Å². The lowest BCUT2D eigenvalue weighted by atomic mass is 9.99. The van der Waals surface area contributed by atoms with E-state index in [1.54, 1.807) is 6.07 Å². The van der Waals surface area contributed by atoms with Gasteiger partial charge in [-0.25, -0.2) is 8.78 Å². The first-order chi connectivity index (χ1) is 10.1. The zero-order valence-corrected chi connectivity index (χ0v) is 14.9. The van der Waals surface area contributed by atoms with Crippen LogP contribution in [0.4, 0.5) is 14.5 Å². The van der Waals surface area contributed by atoms with Crippen LogP contribution in [0.3, 0.4) is 0 Å². The van der Waals surface area contributed by atoms with E-state index in [9.17, 15) is 8.78 Å². The van der Waals surface area contributed by atoms with E-state index in [1.807, 2.05) is 0 Å². The van der Waals surface area contributed by atoms with Gasteiger partial charge in [0.05, 0.1) is 0 Å². The minimum absolute atomic E-state index is 0. The number of piperidine rings is 1. The van der Waals surface area contributed by atoms with E-state index in [2.05, 4.69) is 22.0 Å². The molecule has 132 valence electrons. The summed E-state index contributed by atoms with van der Waals surface area (Å²) >= 11 is 0. The van der Waals surface area contributed by atoms with Crippen molar-refractivity contribution in [3.05, 3.63) is 29.8 Å². The summed E-state index contributed by atoms with van der Waals surface area (Å²) in [6.45, 7) is 7.32. The zero-order chi connectivity index (χ0) is 14.8. The molecule has 3 nitrogen and oxygen atoms in total. The van der Waals surface area contributed by atoms with Crippen molar-refractivity contribution >= 4 is 30.5 Å². The highest BCUT2D eigenvalue weighted by Gasteiger charge is 2.29. The van der Waals surface area contributed by atoms with Crippen molar-refractivity contribution in [1.29, 1.82) is 0 Å². The van der Waals surface area contributed by atoms with E-state index in [1.165, 1.54) is 12.1 Å². The number of piperazine rings is 1. The van der Waals surface area contributed by atoms with E-state index in [-0.39, 0.29) is 24.8 Å². The predicted molar refractivity (Wildman–Crippen MR) is 95.1 cm³/mol. The number of anilines is 1. The monoisotopic (exact) mass is 367 g/mol. The van der Waals surface area contributed by atoms with E-state index in [4.69, 9.17) is 0 Å². The van der Waals surface area contributed by atoms with Gasteiger partial charge in [-0.2, -0.15) is 0 Å². The largest absolute Gasteiger partial charge is 0.371 e. The Kier molecular flexibility index (Phi) is 8.01. The van der Waals surface area contributed by atoms with Gasteiger partial charge in [-0.05, 0) is 31.9 Å². The number of nitrogens with zero attached hydrogens (tertiary/aromatic N) is 2. The molecule has 1 atom stereocenters. The Bertz CT molecular complexity index is 496. The quantitative estimate of drug-likeness (QED) is 0.866. The van der Waals surface area contributed by atoms with Crippen molar-refractivity contribution in [3.63, 3.8) is 0 Å². The van der Waals surface area contributed by atoms with Crippen LogP contribution in [0, 0.1) is 11.6 Å². The molecule has 2 aliphatic heterocycles. The molecule has 2 saturated heterocycles. The molecule has 0 amide bonds. The molecule has 2 aliphatic rings. The van der Waals surface area contributed by atoms with Crippen LogP contribution in [0.5, 0.6) is 0 Å². The number of hydrogen-bond acceptors (Lipinski definition) is 3. The van der Waals surface area contributed by atoms with Crippen molar-refractivity contribution in [2.24, 2.45) is 0 Å². The summed E-state index contributed by atoms with van der Waals surface area (Å²) in [7, 11) is 0. The van der Waals surface area contributed by atoms with Crippen LogP contribution in [0.2, 0.25) is 0 Å². The summed E-state index contributed by atoms with van der Waals surface area (Å²) in [4.78, 5) is 4.75. The molecular formula is C16H25Cl2F2N3. The van der Waals surface area contributed by atoms with Crippen molar-refractivity contribution in [2.75, 3.05) is 37.6 Å². The Morgan fingerprint density at radius 1 is 1.04 bits per heavy atom. The minimum atomic E-state index is -0.775.